The van der Waals surface area contributed by atoms with Crippen molar-refractivity contribution >= 4 is 29.2 Å². The van der Waals surface area contributed by atoms with Crippen LogP contribution in [-0.4, -0.2) is 41.7 Å². The van der Waals surface area contributed by atoms with Gasteiger partial charge in [0.25, 0.3) is 5.91 Å². The van der Waals surface area contributed by atoms with Gasteiger partial charge in [-0.3, -0.25) is 14.9 Å². The van der Waals surface area contributed by atoms with Crippen LogP contribution in [0.3, 0.4) is 0 Å². The van der Waals surface area contributed by atoms with E-state index in [1.807, 2.05) is 0 Å². The number of aliphatic hydroxyl groups excluding tert-OH is 1. The monoisotopic (exact) mass is 302 g/mol. The molecule has 8 nitrogen and oxygen atoms in total. The summed E-state index contributed by atoms with van der Waals surface area (Å²) < 4.78 is 4.37. The van der Waals surface area contributed by atoms with E-state index in [1.165, 1.54) is 18.2 Å². The first-order valence-corrected chi connectivity index (χ1v) is 5.72. The molecule has 1 aromatic rings. The highest BCUT2D eigenvalue weighted by Crippen LogP contribution is 2.28. The second-order valence-electron chi connectivity index (χ2n) is 3.62. The molecule has 0 fully saturated rings. The summed E-state index contributed by atoms with van der Waals surface area (Å²) in [6, 6.07) is 2.49. The van der Waals surface area contributed by atoms with Crippen molar-refractivity contribution in [3.63, 3.8) is 0 Å². The lowest BCUT2D eigenvalue weighted by Crippen LogP contribution is -2.44. The highest BCUT2D eigenvalue weighted by molar-refractivity contribution is 6.33. The van der Waals surface area contributed by atoms with Gasteiger partial charge in [-0.15, -0.1) is 0 Å². The van der Waals surface area contributed by atoms with Crippen molar-refractivity contribution in [2.24, 2.45) is 0 Å². The molecule has 1 rings (SSSR count). The maximum Gasteiger partial charge on any atom is 0.330 e. The first kappa shape index (κ1) is 15.9. The van der Waals surface area contributed by atoms with Crippen molar-refractivity contribution in [1.82, 2.24) is 5.32 Å². The summed E-state index contributed by atoms with van der Waals surface area (Å²) in [5.74, 6) is -1.78. The highest BCUT2D eigenvalue weighted by Gasteiger charge is 2.27. The van der Waals surface area contributed by atoms with E-state index < -0.39 is 35.1 Å². The summed E-state index contributed by atoms with van der Waals surface area (Å²) in [5, 5.41) is 21.8. The molecule has 0 aliphatic heterocycles. The lowest BCUT2D eigenvalue weighted by molar-refractivity contribution is -0.385. The minimum atomic E-state index is -1.31. The normalized spacial score (nSPS) is 11.6. The number of amides is 1. The molecule has 0 spiro atoms. The number of carbonyl (C=O) groups excluding carboxylic acids is 2. The Bertz CT molecular complexity index is 548. The predicted octanol–water partition coefficient (Wildman–Crippen LogP) is 0.512. The van der Waals surface area contributed by atoms with Crippen molar-refractivity contribution in [3.05, 3.63) is 38.9 Å². The third-order valence-electron chi connectivity index (χ3n) is 2.39. The Kier molecular flexibility index (Phi) is 5.42. The zero-order valence-corrected chi connectivity index (χ0v) is 11.1. The van der Waals surface area contributed by atoms with Gasteiger partial charge in [-0.05, 0) is 12.1 Å². The minimum absolute atomic E-state index is 0.207. The number of nitro benzene ring substituents is 1. The third-order valence-corrected chi connectivity index (χ3v) is 2.69. The Labute approximate surface area is 118 Å². The molecule has 20 heavy (non-hydrogen) atoms. The maximum atomic E-state index is 11.9. The topological polar surface area (TPSA) is 119 Å². The molecule has 0 aliphatic carbocycles. The Morgan fingerprint density at radius 1 is 1.55 bits per heavy atom. The van der Waals surface area contributed by atoms with Gasteiger partial charge in [0, 0.05) is 0 Å². The summed E-state index contributed by atoms with van der Waals surface area (Å²) in [6.45, 7) is -0.702. The fourth-order valence-electron chi connectivity index (χ4n) is 1.44. The quantitative estimate of drug-likeness (QED) is 0.465. The molecular formula is C11H11ClN2O6. The molecule has 1 aromatic carbocycles. The molecular weight excluding hydrogens is 292 g/mol. The van der Waals surface area contributed by atoms with Crippen LogP contribution in [0.2, 0.25) is 5.02 Å². The SMILES string of the molecule is COC(=O)C(CO)NC(=O)c1cccc(Cl)c1[N+](=O)[O-]. The number of hydrogen-bond acceptors (Lipinski definition) is 6. The average molecular weight is 303 g/mol. The first-order chi connectivity index (χ1) is 9.42. The number of nitrogens with one attached hydrogen (secondary N) is 1. The number of halogens is 1. The minimum Gasteiger partial charge on any atom is -0.467 e. The number of ether oxygens (including phenoxy) is 1. The van der Waals surface area contributed by atoms with E-state index in [4.69, 9.17) is 16.7 Å². The van der Waals surface area contributed by atoms with Gasteiger partial charge in [-0.2, -0.15) is 0 Å². The molecule has 1 amide bonds. The summed E-state index contributed by atoms with van der Waals surface area (Å²) in [4.78, 5) is 33.2. The van der Waals surface area contributed by atoms with Crippen LogP contribution in [0, 0.1) is 10.1 Å². The number of para-hydroxylation sites is 1. The summed E-state index contributed by atoms with van der Waals surface area (Å²) in [5.41, 5.74) is -0.891. The third kappa shape index (κ3) is 3.43. The number of esters is 1. The molecule has 0 radical (unpaired) electrons. The lowest BCUT2D eigenvalue weighted by Gasteiger charge is -2.13. The van der Waals surface area contributed by atoms with Gasteiger partial charge in [0.15, 0.2) is 6.04 Å². The predicted molar refractivity (Wildman–Crippen MR) is 68.5 cm³/mol. The van der Waals surface area contributed by atoms with Crippen LogP contribution in [0.4, 0.5) is 5.69 Å². The van der Waals surface area contributed by atoms with Gasteiger partial charge in [-0.25, -0.2) is 4.79 Å². The molecule has 1 atom stereocenters. The Morgan fingerprint density at radius 2 is 2.20 bits per heavy atom. The molecule has 1 unspecified atom stereocenters. The molecule has 108 valence electrons. The first-order valence-electron chi connectivity index (χ1n) is 5.34. The maximum absolute atomic E-state index is 11.9. The number of hydrogen-bond donors (Lipinski definition) is 2. The molecule has 2 N–H and O–H groups in total. The molecule has 0 aromatic heterocycles. The standard InChI is InChI=1S/C11H11ClN2O6/c1-20-11(17)8(5-15)13-10(16)6-3-2-4-7(12)9(6)14(18)19/h2-4,8,15H,5H2,1H3,(H,13,16). The van der Waals surface area contributed by atoms with Crippen LogP contribution >= 0.6 is 11.6 Å². The van der Waals surface area contributed by atoms with Crippen LogP contribution in [0.25, 0.3) is 0 Å². The number of rotatable bonds is 5. The van der Waals surface area contributed by atoms with E-state index in [2.05, 4.69) is 10.1 Å². The van der Waals surface area contributed by atoms with Gasteiger partial charge in [0.05, 0.1) is 18.6 Å². The zero-order chi connectivity index (χ0) is 15.3. The zero-order valence-electron chi connectivity index (χ0n) is 10.3. The molecule has 0 aliphatic rings. The van der Waals surface area contributed by atoms with E-state index in [1.54, 1.807) is 0 Å². The van der Waals surface area contributed by atoms with Gasteiger partial charge in [0.1, 0.15) is 10.6 Å². The van der Waals surface area contributed by atoms with Crippen molar-refractivity contribution in [2.45, 2.75) is 6.04 Å². The number of carbonyl (C=O) groups is 2. The second-order valence-corrected chi connectivity index (χ2v) is 4.03. The molecule has 0 saturated heterocycles. The van der Waals surface area contributed by atoms with Crippen molar-refractivity contribution < 1.29 is 24.4 Å². The summed E-state index contributed by atoms with van der Waals surface area (Å²) in [7, 11) is 1.08. The largest absolute Gasteiger partial charge is 0.467 e. The fourth-order valence-corrected chi connectivity index (χ4v) is 1.69. The van der Waals surface area contributed by atoms with E-state index in [-0.39, 0.29) is 10.6 Å². The fraction of sp³-hybridized carbons (Fsp3) is 0.273. The van der Waals surface area contributed by atoms with Gasteiger partial charge < -0.3 is 15.2 Å². The molecule has 0 saturated carbocycles. The van der Waals surface area contributed by atoms with E-state index in [0.717, 1.165) is 7.11 Å². The van der Waals surface area contributed by atoms with Crippen LogP contribution in [0.15, 0.2) is 18.2 Å². The van der Waals surface area contributed by atoms with E-state index >= 15 is 0 Å². The highest BCUT2D eigenvalue weighted by atomic mass is 35.5. The smallest absolute Gasteiger partial charge is 0.330 e. The van der Waals surface area contributed by atoms with Crippen LogP contribution in [0.5, 0.6) is 0 Å². The Balaban J connectivity index is 3.07. The number of nitrogens with zero attached hydrogens (tertiary/aromatic N) is 1. The molecule has 0 heterocycles. The van der Waals surface area contributed by atoms with E-state index in [0.29, 0.717) is 0 Å². The summed E-state index contributed by atoms with van der Waals surface area (Å²) in [6.07, 6.45) is 0. The van der Waals surface area contributed by atoms with Crippen LogP contribution < -0.4 is 5.32 Å². The van der Waals surface area contributed by atoms with E-state index in [9.17, 15) is 19.7 Å². The Morgan fingerprint density at radius 3 is 2.70 bits per heavy atom. The van der Waals surface area contributed by atoms with Crippen molar-refractivity contribution in [2.75, 3.05) is 13.7 Å². The molecule has 0 bridgehead atoms. The second kappa shape index (κ2) is 6.83. The molecule has 9 heteroatoms. The van der Waals surface area contributed by atoms with Crippen LogP contribution in [-0.2, 0) is 9.53 Å². The Hall–Kier alpha value is -2.19. The number of nitro groups is 1. The van der Waals surface area contributed by atoms with Crippen molar-refractivity contribution in [1.29, 1.82) is 0 Å². The summed E-state index contributed by atoms with van der Waals surface area (Å²) >= 11 is 5.67. The average Bonchev–Trinajstić information content (AvgIpc) is 2.42. The number of aliphatic hydroxyl groups is 1. The number of benzene rings is 1. The van der Waals surface area contributed by atoms with Crippen LogP contribution in [0.1, 0.15) is 10.4 Å². The van der Waals surface area contributed by atoms with Gasteiger partial charge >= 0.3 is 11.7 Å². The van der Waals surface area contributed by atoms with Gasteiger partial charge in [0.2, 0.25) is 0 Å². The lowest BCUT2D eigenvalue weighted by atomic mass is 10.1. The van der Waals surface area contributed by atoms with Gasteiger partial charge in [-0.1, -0.05) is 17.7 Å². The number of methoxy groups -OCH3 is 1. The van der Waals surface area contributed by atoms with Crippen molar-refractivity contribution in [3.8, 4) is 0 Å².